The van der Waals surface area contributed by atoms with E-state index in [0.717, 1.165) is 17.8 Å². The van der Waals surface area contributed by atoms with E-state index in [-0.39, 0.29) is 17.0 Å². The van der Waals surface area contributed by atoms with Crippen LogP contribution in [0.25, 0.3) is 0 Å². The number of rotatable bonds is 6. The Morgan fingerprint density at radius 1 is 1.30 bits per heavy atom. The molecule has 0 bridgehead atoms. The molecule has 2 rings (SSSR count). The van der Waals surface area contributed by atoms with Gasteiger partial charge in [0.2, 0.25) is 0 Å². The molecule has 1 aromatic heterocycles. The predicted octanol–water partition coefficient (Wildman–Crippen LogP) is 2.08. The highest BCUT2D eigenvalue weighted by Gasteiger charge is 2.25. The van der Waals surface area contributed by atoms with Crippen molar-refractivity contribution in [1.82, 2.24) is 15.5 Å². The highest BCUT2D eigenvalue weighted by Crippen LogP contribution is 2.20. The summed E-state index contributed by atoms with van der Waals surface area (Å²) < 4.78 is 24.8. The van der Waals surface area contributed by atoms with Gasteiger partial charge in [-0.15, -0.1) is 0 Å². The summed E-state index contributed by atoms with van der Waals surface area (Å²) in [5, 5.41) is 9.08. The highest BCUT2D eigenvalue weighted by atomic mass is 32.2. The van der Waals surface area contributed by atoms with Crippen molar-refractivity contribution in [2.75, 3.05) is 0 Å². The van der Waals surface area contributed by atoms with Crippen LogP contribution in [0.4, 0.5) is 0 Å². The van der Waals surface area contributed by atoms with E-state index >= 15 is 0 Å². The Kier molecular flexibility index (Phi) is 5.20. The normalized spacial score (nSPS) is 11.7. The van der Waals surface area contributed by atoms with Gasteiger partial charge in [0.05, 0.1) is 33.6 Å². The maximum atomic E-state index is 12.4. The van der Waals surface area contributed by atoms with Crippen molar-refractivity contribution in [3.05, 3.63) is 47.3 Å². The van der Waals surface area contributed by atoms with Crippen molar-refractivity contribution >= 4 is 15.7 Å². The van der Waals surface area contributed by atoms with E-state index in [2.05, 4.69) is 15.5 Å². The Labute approximate surface area is 136 Å². The molecule has 0 spiro atoms. The van der Waals surface area contributed by atoms with Gasteiger partial charge in [-0.3, -0.25) is 9.89 Å². The predicted molar refractivity (Wildman–Crippen MR) is 87.9 cm³/mol. The number of carbonyl (C=O) groups excluding carboxylic acids is 1. The molecule has 2 aromatic rings. The fraction of sp³-hybridized carbons (Fsp3) is 0.375. The number of carbonyl (C=O) groups is 1. The number of aromatic nitrogens is 2. The van der Waals surface area contributed by atoms with Crippen LogP contribution in [0.15, 0.2) is 35.2 Å². The van der Waals surface area contributed by atoms with Crippen molar-refractivity contribution in [3.63, 3.8) is 0 Å². The molecule has 0 saturated heterocycles. The maximum absolute atomic E-state index is 12.4. The molecule has 0 fully saturated rings. The molecule has 7 heteroatoms. The molecular formula is C16H21N3O3S. The molecular weight excluding hydrogens is 314 g/mol. The lowest BCUT2D eigenvalue weighted by Gasteiger charge is -2.12. The van der Waals surface area contributed by atoms with Crippen molar-refractivity contribution in [2.45, 2.75) is 43.9 Å². The van der Waals surface area contributed by atoms with Gasteiger partial charge < -0.3 is 5.32 Å². The number of H-pyrrole nitrogens is 1. The topological polar surface area (TPSA) is 91.9 Å². The van der Waals surface area contributed by atoms with Crippen LogP contribution in [0.1, 0.15) is 42.5 Å². The lowest BCUT2D eigenvalue weighted by molar-refractivity contribution is 0.0947. The monoisotopic (exact) mass is 335 g/mol. The summed E-state index contributed by atoms with van der Waals surface area (Å²) in [5.74, 6) is -0.419. The SMILES string of the molecule is CCc1cc(CNC(=O)c2ccccc2S(=O)(=O)C(C)C)[nH]n1. The molecule has 1 amide bonds. The summed E-state index contributed by atoms with van der Waals surface area (Å²) in [6.45, 7) is 5.45. The van der Waals surface area contributed by atoms with Gasteiger partial charge in [-0.05, 0) is 38.5 Å². The summed E-state index contributed by atoms with van der Waals surface area (Å²) in [7, 11) is -3.52. The van der Waals surface area contributed by atoms with Crippen LogP contribution < -0.4 is 5.32 Å². The number of aromatic amines is 1. The van der Waals surface area contributed by atoms with Crippen LogP contribution >= 0.6 is 0 Å². The fourth-order valence-electron chi connectivity index (χ4n) is 2.11. The van der Waals surface area contributed by atoms with E-state index in [1.165, 1.54) is 12.1 Å². The summed E-state index contributed by atoms with van der Waals surface area (Å²) in [6, 6.07) is 8.13. The second-order valence-corrected chi connectivity index (χ2v) is 7.98. The van der Waals surface area contributed by atoms with E-state index in [0.29, 0.717) is 0 Å². The van der Waals surface area contributed by atoms with Gasteiger partial charge in [-0.1, -0.05) is 19.1 Å². The van der Waals surface area contributed by atoms with E-state index < -0.39 is 21.0 Å². The third-order valence-corrected chi connectivity index (χ3v) is 5.75. The van der Waals surface area contributed by atoms with E-state index in [9.17, 15) is 13.2 Å². The first-order chi connectivity index (χ1) is 10.9. The van der Waals surface area contributed by atoms with Crippen molar-refractivity contribution in [1.29, 1.82) is 0 Å². The van der Waals surface area contributed by atoms with E-state index in [1.54, 1.807) is 26.0 Å². The Bertz CT molecular complexity index is 794. The molecule has 1 aromatic carbocycles. The number of hydrogen-bond acceptors (Lipinski definition) is 4. The number of nitrogens with one attached hydrogen (secondary N) is 2. The van der Waals surface area contributed by atoms with Crippen LogP contribution in [-0.4, -0.2) is 29.8 Å². The third kappa shape index (κ3) is 3.79. The maximum Gasteiger partial charge on any atom is 0.252 e. The van der Waals surface area contributed by atoms with Gasteiger partial charge in [0.15, 0.2) is 9.84 Å². The van der Waals surface area contributed by atoms with Crippen LogP contribution in [0.5, 0.6) is 0 Å². The smallest absolute Gasteiger partial charge is 0.252 e. The second-order valence-electron chi connectivity index (χ2n) is 5.51. The molecule has 124 valence electrons. The molecule has 2 N–H and O–H groups in total. The zero-order valence-corrected chi connectivity index (χ0v) is 14.3. The van der Waals surface area contributed by atoms with Crippen molar-refractivity contribution < 1.29 is 13.2 Å². The zero-order chi connectivity index (χ0) is 17.0. The first kappa shape index (κ1) is 17.2. The van der Waals surface area contributed by atoms with E-state index in [4.69, 9.17) is 0 Å². The molecule has 0 saturated carbocycles. The molecule has 0 aliphatic rings. The Morgan fingerprint density at radius 2 is 2.00 bits per heavy atom. The molecule has 6 nitrogen and oxygen atoms in total. The number of sulfone groups is 1. The number of amides is 1. The van der Waals surface area contributed by atoms with E-state index in [1.807, 2.05) is 13.0 Å². The van der Waals surface area contributed by atoms with Gasteiger partial charge in [-0.25, -0.2) is 8.42 Å². The molecule has 1 heterocycles. The van der Waals surface area contributed by atoms with Gasteiger partial charge in [0.25, 0.3) is 5.91 Å². The quantitative estimate of drug-likeness (QED) is 0.845. The summed E-state index contributed by atoms with van der Waals surface area (Å²) in [6.07, 6.45) is 0.805. The number of aryl methyl sites for hydroxylation is 1. The summed E-state index contributed by atoms with van der Waals surface area (Å²) in [5.41, 5.74) is 1.85. The first-order valence-electron chi connectivity index (χ1n) is 7.50. The average molecular weight is 335 g/mol. The average Bonchev–Trinajstić information content (AvgIpc) is 3.00. The summed E-state index contributed by atoms with van der Waals surface area (Å²) >= 11 is 0. The van der Waals surface area contributed by atoms with Crippen LogP contribution in [0.3, 0.4) is 0 Å². The van der Waals surface area contributed by atoms with Gasteiger partial charge in [-0.2, -0.15) is 5.10 Å². The third-order valence-electron chi connectivity index (χ3n) is 3.54. The summed E-state index contributed by atoms with van der Waals surface area (Å²) in [4.78, 5) is 12.4. The largest absolute Gasteiger partial charge is 0.346 e. The lowest BCUT2D eigenvalue weighted by Crippen LogP contribution is -2.26. The Morgan fingerprint density at radius 3 is 2.61 bits per heavy atom. The lowest BCUT2D eigenvalue weighted by atomic mass is 10.2. The number of nitrogens with zero attached hydrogens (tertiary/aromatic N) is 1. The van der Waals surface area contributed by atoms with Crippen LogP contribution in [-0.2, 0) is 22.8 Å². The number of hydrogen-bond donors (Lipinski definition) is 2. The van der Waals surface area contributed by atoms with Gasteiger partial charge >= 0.3 is 0 Å². The minimum absolute atomic E-state index is 0.0614. The second kappa shape index (κ2) is 6.95. The molecule has 0 radical (unpaired) electrons. The van der Waals surface area contributed by atoms with Crippen LogP contribution in [0.2, 0.25) is 0 Å². The van der Waals surface area contributed by atoms with Crippen molar-refractivity contribution in [3.8, 4) is 0 Å². The fourth-order valence-corrected chi connectivity index (χ4v) is 3.35. The minimum atomic E-state index is -3.52. The highest BCUT2D eigenvalue weighted by molar-refractivity contribution is 7.92. The Balaban J connectivity index is 2.20. The molecule has 0 aliphatic carbocycles. The standard InChI is InChI=1S/C16H21N3O3S/c1-4-12-9-13(19-18-12)10-17-16(20)14-7-5-6-8-15(14)23(21,22)11(2)3/h5-9,11H,4,10H2,1-3H3,(H,17,20)(H,18,19). The first-order valence-corrected chi connectivity index (χ1v) is 9.05. The molecule has 0 aliphatic heterocycles. The molecule has 23 heavy (non-hydrogen) atoms. The minimum Gasteiger partial charge on any atom is -0.346 e. The van der Waals surface area contributed by atoms with Crippen molar-refractivity contribution in [2.24, 2.45) is 0 Å². The molecule has 0 unspecified atom stereocenters. The van der Waals surface area contributed by atoms with Gasteiger partial charge in [0.1, 0.15) is 0 Å². The van der Waals surface area contributed by atoms with Gasteiger partial charge in [0, 0.05) is 0 Å². The number of benzene rings is 1. The van der Waals surface area contributed by atoms with Crippen LogP contribution in [0, 0.1) is 0 Å². The molecule has 0 atom stereocenters. The zero-order valence-electron chi connectivity index (χ0n) is 13.5. The Hall–Kier alpha value is -2.15.